The van der Waals surface area contributed by atoms with Gasteiger partial charge in [-0.3, -0.25) is 14.3 Å². The van der Waals surface area contributed by atoms with Gasteiger partial charge in [-0.15, -0.1) is 0 Å². The van der Waals surface area contributed by atoms with Gasteiger partial charge in [-0.1, -0.05) is 18.0 Å². The molecule has 0 unspecified atom stereocenters. The average molecular weight is 416 g/mol. The highest BCUT2D eigenvalue weighted by Crippen LogP contribution is 2.31. The largest absolute Gasteiger partial charge is 0.354 e. The van der Waals surface area contributed by atoms with Crippen LogP contribution in [0, 0.1) is 5.92 Å². The predicted octanol–water partition coefficient (Wildman–Crippen LogP) is 3.57. The second-order valence-electron chi connectivity index (χ2n) is 8.00. The lowest BCUT2D eigenvalue weighted by atomic mass is 9.85. The van der Waals surface area contributed by atoms with E-state index in [0.29, 0.717) is 17.3 Å². The van der Waals surface area contributed by atoms with Crippen molar-refractivity contribution in [3.8, 4) is 11.3 Å². The van der Waals surface area contributed by atoms with E-state index in [-0.39, 0.29) is 23.8 Å². The van der Waals surface area contributed by atoms with Gasteiger partial charge in [0, 0.05) is 42.9 Å². The molecule has 7 nitrogen and oxygen atoms in total. The lowest BCUT2D eigenvalue weighted by Gasteiger charge is -2.28. The van der Waals surface area contributed by atoms with E-state index in [1.54, 1.807) is 12.3 Å². The lowest BCUT2D eigenvalue weighted by Crippen LogP contribution is -2.40. The molecule has 0 radical (unpaired) electrons. The quantitative estimate of drug-likeness (QED) is 0.798. The van der Waals surface area contributed by atoms with E-state index in [1.165, 1.54) is 19.0 Å². The van der Waals surface area contributed by atoms with E-state index >= 15 is 0 Å². The van der Waals surface area contributed by atoms with Crippen LogP contribution in [0.25, 0.3) is 11.3 Å². The molecular formula is C21H26ClN5O2. The summed E-state index contributed by atoms with van der Waals surface area (Å²) in [6.07, 6.45) is 8.20. The summed E-state index contributed by atoms with van der Waals surface area (Å²) in [6.45, 7) is 2.44. The smallest absolute Gasteiger partial charge is 0.228 e. The van der Waals surface area contributed by atoms with Crippen molar-refractivity contribution in [1.29, 1.82) is 0 Å². The number of rotatable bonds is 4. The van der Waals surface area contributed by atoms with Crippen molar-refractivity contribution in [2.24, 2.45) is 5.92 Å². The van der Waals surface area contributed by atoms with Crippen molar-refractivity contribution in [3.63, 3.8) is 0 Å². The molecule has 2 aliphatic rings. The molecule has 2 amide bonds. The van der Waals surface area contributed by atoms with Crippen molar-refractivity contribution in [3.05, 3.63) is 29.0 Å². The standard InChI is InChI=1S/C21H26ClN5O2/c1-13(28)24-15-6-4-5-14(9-15)21(29)25-20-11-17(18(22)12-23-20)19-10-16-7-2-3-8-27(16)26-19/h10-12,14-15H,2-9H2,1H3,(H,24,28)(H,23,25,29)/t14-,15+/m1/s1. The van der Waals surface area contributed by atoms with E-state index in [2.05, 4.69) is 26.8 Å². The zero-order chi connectivity index (χ0) is 20.4. The van der Waals surface area contributed by atoms with Crippen LogP contribution in [0.2, 0.25) is 5.02 Å². The number of aromatic nitrogens is 3. The molecule has 2 aromatic rings. The van der Waals surface area contributed by atoms with E-state index in [0.717, 1.165) is 49.9 Å². The molecular weight excluding hydrogens is 390 g/mol. The van der Waals surface area contributed by atoms with Crippen LogP contribution in [0.5, 0.6) is 0 Å². The molecule has 1 aliphatic carbocycles. The van der Waals surface area contributed by atoms with Crippen molar-refractivity contribution < 1.29 is 9.59 Å². The number of nitrogens with one attached hydrogen (secondary N) is 2. The normalized spacial score (nSPS) is 21.3. The van der Waals surface area contributed by atoms with Gasteiger partial charge < -0.3 is 10.6 Å². The van der Waals surface area contributed by atoms with Gasteiger partial charge in [0.15, 0.2) is 0 Å². The monoisotopic (exact) mass is 415 g/mol. The highest BCUT2D eigenvalue weighted by Gasteiger charge is 2.28. The van der Waals surface area contributed by atoms with Gasteiger partial charge in [-0.25, -0.2) is 4.98 Å². The minimum absolute atomic E-state index is 0.0529. The van der Waals surface area contributed by atoms with Gasteiger partial charge in [-0.2, -0.15) is 5.10 Å². The van der Waals surface area contributed by atoms with Crippen LogP contribution in [-0.2, 0) is 22.6 Å². The van der Waals surface area contributed by atoms with Crippen LogP contribution in [-0.4, -0.2) is 32.6 Å². The summed E-state index contributed by atoms with van der Waals surface area (Å²) in [5.74, 6) is 0.219. The maximum Gasteiger partial charge on any atom is 0.228 e. The molecule has 1 aliphatic heterocycles. The molecule has 1 saturated carbocycles. The number of carbonyl (C=O) groups excluding carboxylic acids is 2. The number of aryl methyl sites for hydroxylation is 2. The molecule has 3 heterocycles. The summed E-state index contributed by atoms with van der Waals surface area (Å²) in [4.78, 5) is 28.4. The fourth-order valence-electron chi connectivity index (χ4n) is 4.33. The first-order chi connectivity index (χ1) is 14.0. The van der Waals surface area contributed by atoms with Crippen LogP contribution in [0.1, 0.15) is 51.1 Å². The fourth-order valence-corrected chi connectivity index (χ4v) is 4.53. The number of amides is 2. The Kier molecular flexibility index (Phi) is 5.85. The van der Waals surface area contributed by atoms with E-state index in [9.17, 15) is 9.59 Å². The molecule has 154 valence electrons. The van der Waals surface area contributed by atoms with Crippen LogP contribution in [0.15, 0.2) is 18.3 Å². The number of hydrogen-bond donors (Lipinski definition) is 2. The molecule has 0 spiro atoms. The summed E-state index contributed by atoms with van der Waals surface area (Å²) < 4.78 is 2.04. The summed E-state index contributed by atoms with van der Waals surface area (Å²) in [5.41, 5.74) is 2.81. The highest BCUT2D eigenvalue weighted by atomic mass is 35.5. The zero-order valence-corrected chi connectivity index (χ0v) is 17.3. The first-order valence-corrected chi connectivity index (χ1v) is 10.7. The Balaban J connectivity index is 1.48. The number of nitrogens with zero attached hydrogens (tertiary/aromatic N) is 3. The second kappa shape index (κ2) is 8.53. The van der Waals surface area contributed by atoms with Gasteiger partial charge in [0.05, 0.1) is 10.7 Å². The van der Waals surface area contributed by atoms with Crippen molar-refractivity contribution in [2.75, 3.05) is 5.32 Å². The van der Waals surface area contributed by atoms with Crippen LogP contribution < -0.4 is 10.6 Å². The third-order valence-corrected chi connectivity index (χ3v) is 6.05. The third kappa shape index (κ3) is 4.61. The van der Waals surface area contributed by atoms with Gasteiger partial charge in [0.25, 0.3) is 0 Å². The number of anilines is 1. The molecule has 4 rings (SSSR count). The number of hydrogen-bond acceptors (Lipinski definition) is 4. The van der Waals surface area contributed by atoms with Crippen molar-refractivity contribution in [1.82, 2.24) is 20.1 Å². The van der Waals surface area contributed by atoms with Crippen LogP contribution >= 0.6 is 11.6 Å². The van der Waals surface area contributed by atoms with Gasteiger partial charge in [0.2, 0.25) is 11.8 Å². The third-order valence-electron chi connectivity index (χ3n) is 5.75. The highest BCUT2D eigenvalue weighted by molar-refractivity contribution is 6.33. The minimum atomic E-state index is -0.138. The first-order valence-electron chi connectivity index (χ1n) is 10.3. The molecule has 2 aromatic heterocycles. The van der Waals surface area contributed by atoms with E-state index in [1.807, 2.05) is 4.68 Å². The Labute approximate surface area is 175 Å². The Morgan fingerprint density at radius 1 is 1.21 bits per heavy atom. The summed E-state index contributed by atoms with van der Waals surface area (Å²) >= 11 is 6.38. The summed E-state index contributed by atoms with van der Waals surface area (Å²) in [7, 11) is 0. The van der Waals surface area contributed by atoms with Gasteiger partial charge >= 0.3 is 0 Å². The van der Waals surface area contributed by atoms with Crippen LogP contribution in [0.3, 0.4) is 0 Å². The average Bonchev–Trinajstić information content (AvgIpc) is 3.13. The number of fused-ring (bicyclic) bond motifs is 1. The molecule has 29 heavy (non-hydrogen) atoms. The Morgan fingerprint density at radius 2 is 2.07 bits per heavy atom. The van der Waals surface area contributed by atoms with Crippen molar-refractivity contribution in [2.45, 2.75) is 64.5 Å². The molecule has 2 N–H and O–H groups in total. The fraction of sp³-hybridized carbons (Fsp3) is 0.524. The van der Waals surface area contributed by atoms with Gasteiger partial charge in [-0.05, 0) is 50.7 Å². The topological polar surface area (TPSA) is 88.9 Å². The van der Waals surface area contributed by atoms with Gasteiger partial charge in [0.1, 0.15) is 5.82 Å². The van der Waals surface area contributed by atoms with E-state index in [4.69, 9.17) is 11.6 Å². The first kappa shape index (κ1) is 19.9. The Bertz CT molecular complexity index is 902. The lowest BCUT2D eigenvalue weighted by molar-refractivity contribution is -0.123. The van der Waals surface area contributed by atoms with Crippen LogP contribution in [0.4, 0.5) is 5.82 Å². The second-order valence-corrected chi connectivity index (χ2v) is 8.41. The molecule has 1 fully saturated rings. The Morgan fingerprint density at radius 3 is 2.86 bits per heavy atom. The van der Waals surface area contributed by atoms with E-state index < -0.39 is 0 Å². The molecule has 0 saturated heterocycles. The maximum absolute atomic E-state index is 12.8. The van der Waals surface area contributed by atoms with Crippen molar-refractivity contribution >= 4 is 29.2 Å². The number of carbonyl (C=O) groups is 2. The predicted molar refractivity (Wildman–Crippen MR) is 112 cm³/mol. The SMILES string of the molecule is CC(=O)N[C@H]1CCC[C@@H](C(=O)Nc2cc(-c3cc4n(n3)CCCC4)c(Cl)cn2)C1. The molecule has 2 atom stereocenters. The number of pyridine rings is 1. The molecule has 0 bridgehead atoms. The summed E-state index contributed by atoms with van der Waals surface area (Å²) in [6, 6.07) is 3.93. The Hall–Kier alpha value is -2.41. The zero-order valence-electron chi connectivity index (χ0n) is 16.6. The number of halogens is 1. The summed E-state index contributed by atoms with van der Waals surface area (Å²) in [5, 5.41) is 11.1. The minimum Gasteiger partial charge on any atom is -0.354 e. The maximum atomic E-state index is 12.8. The molecule has 0 aromatic carbocycles. The molecule has 8 heteroatoms.